The molecule has 0 amide bonds. The molecular weight excluding hydrogens is 454 g/mol. The molecule has 1 saturated carbocycles. The average Bonchev–Trinajstić information content (AvgIpc) is 3.19. The number of nitrogens with zero attached hydrogens (tertiary/aromatic N) is 3. The molecule has 186 valence electrons. The van der Waals surface area contributed by atoms with Gasteiger partial charge in [0.05, 0.1) is 18.3 Å². The van der Waals surface area contributed by atoms with Crippen LogP contribution >= 0.6 is 0 Å². The minimum atomic E-state index is -4.37. The van der Waals surface area contributed by atoms with E-state index in [0.717, 1.165) is 24.8 Å². The summed E-state index contributed by atoms with van der Waals surface area (Å²) in [5, 5.41) is 23.5. The van der Waals surface area contributed by atoms with Crippen molar-refractivity contribution in [3.63, 3.8) is 0 Å². The minimum absolute atomic E-state index is 0.0262. The van der Waals surface area contributed by atoms with Crippen molar-refractivity contribution in [3.05, 3.63) is 29.0 Å². The fraction of sp³-hybridized carbons (Fsp3) is 0.609. The summed E-state index contributed by atoms with van der Waals surface area (Å²) >= 11 is 0. The van der Waals surface area contributed by atoms with Crippen molar-refractivity contribution < 1.29 is 27.1 Å². The fourth-order valence-electron chi connectivity index (χ4n) is 4.56. The van der Waals surface area contributed by atoms with Crippen molar-refractivity contribution in [2.45, 2.75) is 82.9 Å². The molecular formula is C23H29F4N5O2. The Kier molecular flexibility index (Phi) is 6.69. The third kappa shape index (κ3) is 5.75. The van der Waals surface area contributed by atoms with E-state index in [1.54, 1.807) is 13.0 Å². The molecule has 0 bridgehead atoms. The molecule has 0 aromatic carbocycles. The molecule has 2 aliphatic rings. The maximum atomic E-state index is 15.1. The minimum Gasteiger partial charge on any atom is -0.402 e. The number of aryl methyl sites for hydroxylation is 1. The normalized spacial score (nSPS) is 23.4. The van der Waals surface area contributed by atoms with Crippen molar-refractivity contribution in [2.75, 3.05) is 11.9 Å². The number of nitrogens with one attached hydrogen (secondary N) is 2. The van der Waals surface area contributed by atoms with Gasteiger partial charge in [0.15, 0.2) is 0 Å². The van der Waals surface area contributed by atoms with Crippen LogP contribution in [0.4, 0.5) is 23.6 Å². The third-order valence-electron chi connectivity index (χ3n) is 6.22. The Morgan fingerprint density at radius 1 is 1.18 bits per heavy atom. The zero-order valence-electron chi connectivity index (χ0n) is 19.3. The summed E-state index contributed by atoms with van der Waals surface area (Å²) in [5.74, 6) is 0.151. The molecule has 2 aromatic heterocycles. The lowest BCUT2D eigenvalue weighted by Crippen LogP contribution is -2.40. The van der Waals surface area contributed by atoms with Crippen molar-refractivity contribution in [1.82, 2.24) is 20.5 Å². The Balaban J connectivity index is 1.60. The Morgan fingerprint density at radius 3 is 2.62 bits per heavy atom. The first-order valence-electron chi connectivity index (χ1n) is 11.4. The third-order valence-corrected chi connectivity index (χ3v) is 6.22. The summed E-state index contributed by atoms with van der Waals surface area (Å²) in [4.78, 5) is 4.59. The van der Waals surface area contributed by atoms with Crippen molar-refractivity contribution in [3.8, 4) is 11.6 Å². The number of allylic oxidation sites excluding steroid dienone is 1. The standard InChI is InChI=1S/C23H29F4N5O2/c1-12-7-18(20-31-32-21(34-20)29-13-5-4-6-15(33)8-13)30-19-16(12)9-14(28-11-23(25,26)27)10-17(19)22(2,3)24/h7,10,13-15,28,33H,4-6,8-9,11H2,1-3H3,(H,29,32)/t13?,14?,15-/m0/s1. The van der Waals surface area contributed by atoms with Gasteiger partial charge in [-0.3, -0.25) is 0 Å². The molecule has 0 aliphatic heterocycles. The number of hydrogen-bond acceptors (Lipinski definition) is 7. The second kappa shape index (κ2) is 9.26. The number of aromatic nitrogens is 3. The van der Waals surface area contributed by atoms with E-state index in [9.17, 15) is 18.3 Å². The highest BCUT2D eigenvalue weighted by atomic mass is 19.4. The summed E-state index contributed by atoms with van der Waals surface area (Å²) in [6.45, 7) is 3.35. The van der Waals surface area contributed by atoms with Crippen molar-refractivity contribution >= 4 is 11.6 Å². The fourth-order valence-corrected chi connectivity index (χ4v) is 4.56. The van der Waals surface area contributed by atoms with Gasteiger partial charge in [-0.05, 0) is 70.1 Å². The quantitative estimate of drug-likeness (QED) is 0.526. The van der Waals surface area contributed by atoms with Gasteiger partial charge in [-0.25, -0.2) is 9.37 Å². The smallest absolute Gasteiger partial charge is 0.401 e. The second-order valence-corrected chi connectivity index (χ2v) is 9.59. The number of alkyl halides is 4. The Hall–Kier alpha value is -2.53. The summed E-state index contributed by atoms with van der Waals surface area (Å²) in [6.07, 6.45) is 0.172. The Labute approximate surface area is 195 Å². The van der Waals surface area contributed by atoms with Crippen LogP contribution in [-0.4, -0.2) is 56.9 Å². The second-order valence-electron chi connectivity index (χ2n) is 9.59. The molecule has 2 heterocycles. The largest absolute Gasteiger partial charge is 0.402 e. The van der Waals surface area contributed by atoms with Gasteiger partial charge in [-0.1, -0.05) is 11.2 Å². The lowest BCUT2D eigenvalue weighted by molar-refractivity contribution is -0.125. The molecule has 2 unspecified atom stereocenters. The zero-order valence-corrected chi connectivity index (χ0v) is 19.3. The van der Waals surface area contributed by atoms with Crippen molar-refractivity contribution in [2.24, 2.45) is 0 Å². The SMILES string of the molecule is Cc1cc(-c2nnc(NC3CCC[C@H](O)C3)o2)nc2c1CC(NCC(F)(F)F)C=C2C(C)(C)F. The molecule has 11 heteroatoms. The predicted octanol–water partition coefficient (Wildman–Crippen LogP) is 4.36. The van der Waals surface area contributed by atoms with E-state index in [1.165, 1.54) is 19.9 Å². The number of fused-ring (bicyclic) bond motifs is 1. The van der Waals surface area contributed by atoms with Crippen LogP contribution < -0.4 is 10.6 Å². The van der Waals surface area contributed by atoms with Crippen molar-refractivity contribution in [1.29, 1.82) is 0 Å². The van der Waals surface area contributed by atoms with Gasteiger partial charge >= 0.3 is 12.2 Å². The maximum Gasteiger partial charge on any atom is 0.401 e. The number of aliphatic hydroxyl groups excluding tert-OH is 1. The Morgan fingerprint density at radius 2 is 1.94 bits per heavy atom. The molecule has 7 nitrogen and oxygen atoms in total. The van der Waals surface area contributed by atoms with Gasteiger partial charge in [-0.2, -0.15) is 13.2 Å². The van der Waals surface area contributed by atoms with Crippen LogP contribution in [0.5, 0.6) is 0 Å². The van der Waals surface area contributed by atoms with Gasteiger partial charge in [-0.15, -0.1) is 5.10 Å². The number of rotatable bonds is 6. The summed E-state index contributed by atoms with van der Waals surface area (Å²) < 4.78 is 59.0. The van der Waals surface area contributed by atoms with Crippen LogP contribution in [0.15, 0.2) is 16.6 Å². The van der Waals surface area contributed by atoms with E-state index in [-0.39, 0.29) is 36.0 Å². The number of hydrogen-bond donors (Lipinski definition) is 3. The molecule has 2 aliphatic carbocycles. The topological polar surface area (TPSA) is 96.1 Å². The van der Waals surface area contributed by atoms with Crippen LogP contribution in [0.3, 0.4) is 0 Å². The van der Waals surface area contributed by atoms with Crippen LogP contribution in [0.25, 0.3) is 17.2 Å². The first-order chi connectivity index (χ1) is 15.9. The number of halogens is 4. The van der Waals surface area contributed by atoms with E-state index in [4.69, 9.17) is 4.42 Å². The van der Waals surface area contributed by atoms with Crippen LogP contribution in [-0.2, 0) is 6.42 Å². The van der Waals surface area contributed by atoms with Gasteiger partial charge in [0.1, 0.15) is 11.4 Å². The van der Waals surface area contributed by atoms with Crippen LogP contribution in [0.1, 0.15) is 56.4 Å². The number of anilines is 1. The average molecular weight is 484 g/mol. The predicted molar refractivity (Wildman–Crippen MR) is 119 cm³/mol. The summed E-state index contributed by atoms with van der Waals surface area (Å²) in [7, 11) is 0. The first-order valence-corrected chi connectivity index (χ1v) is 11.4. The van der Waals surface area contributed by atoms with Gasteiger partial charge in [0.25, 0.3) is 5.89 Å². The van der Waals surface area contributed by atoms with E-state index < -0.39 is 24.4 Å². The molecule has 3 atom stereocenters. The van der Waals surface area contributed by atoms with E-state index in [0.29, 0.717) is 23.4 Å². The van der Waals surface area contributed by atoms with Gasteiger partial charge in [0.2, 0.25) is 0 Å². The van der Waals surface area contributed by atoms with E-state index in [1.807, 2.05) is 0 Å². The highest BCUT2D eigenvalue weighted by molar-refractivity contribution is 5.76. The maximum absolute atomic E-state index is 15.1. The summed E-state index contributed by atoms with van der Waals surface area (Å²) in [6, 6.07) is 1.29. The zero-order chi connectivity index (χ0) is 24.7. The number of pyridine rings is 1. The monoisotopic (exact) mass is 483 g/mol. The van der Waals surface area contributed by atoms with Crippen LogP contribution in [0, 0.1) is 6.92 Å². The highest BCUT2D eigenvalue weighted by Crippen LogP contribution is 2.38. The van der Waals surface area contributed by atoms with E-state index >= 15 is 4.39 Å². The van der Waals surface area contributed by atoms with Gasteiger partial charge in [0, 0.05) is 17.7 Å². The number of aliphatic hydroxyl groups is 1. The molecule has 2 aromatic rings. The highest BCUT2D eigenvalue weighted by Gasteiger charge is 2.35. The molecule has 0 saturated heterocycles. The molecule has 0 spiro atoms. The Bertz CT molecular complexity index is 1060. The van der Waals surface area contributed by atoms with E-state index in [2.05, 4.69) is 25.8 Å². The lowest BCUT2D eigenvalue weighted by Gasteiger charge is -2.30. The summed E-state index contributed by atoms with van der Waals surface area (Å²) in [5.41, 5.74) is 0.562. The molecule has 34 heavy (non-hydrogen) atoms. The lowest BCUT2D eigenvalue weighted by atomic mass is 9.83. The van der Waals surface area contributed by atoms with Crippen LogP contribution in [0.2, 0.25) is 0 Å². The molecule has 0 radical (unpaired) electrons. The van der Waals surface area contributed by atoms with Gasteiger partial charge < -0.3 is 20.2 Å². The molecule has 1 fully saturated rings. The first kappa shape index (κ1) is 24.6. The molecule has 3 N–H and O–H groups in total. The molecule has 4 rings (SSSR count).